The van der Waals surface area contributed by atoms with E-state index in [1.54, 1.807) is 0 Å². The number of ether oxygens (including phenoxy) is 1. The summed E-state index contributed by atoms with van der Waals surface area (Å²) in [5.41, 5.74) is 4.35. The fourth-order valence-corrected chi connectivity index (χ4v) is 4.60. The van der Waals surface area contributed by atoms with Gasteiger partial charge in [0.05, 0.1) is 16.1 Å². The Labute approximate surface area is 162 Å². The van der Waals surface area contributed by atoms with E-state index in [0.29, 0.717) is 5.76 Å². The minimum atomic E-state index is -0.0256. The predicted molar refractivity (Wildman–Crippen MR) is 106 cm³/mol. The van der Waals surface area contributed by atoms with Crippen LogP contribution in [0.1, 0.15) is 55.3 Å². The van der Waals surface area contributed by atoms with Crippen molar-refractivity contribution in [3.8, 4) is 5.75 Å². The summed E-state index contributed by atoms with van der Waals surface area (Å²) in [5, 5.41) is 3.26. The van der Waals surface area contributed by atoms with Crippen LogP contribution >= 0.6 is 15.9 Å². The zero-order chi connectivity index (χ0) is 18.3. The molecule has 2 aromatic carbocycles. The second-order valence-corrected chi connectivity index (χ2v) is 7.92. The second kappa shape index (κ2) is 6.92. The molecule has 3 nitrogen and oxygen atoms in total. The van der Waals surface area contributed by atoms with Gasteiger partial charge >= 0.3 is 0 Å². The fourth-order valence-electron chi connectivity index (χ4n) is 4.14. The van der Waals surface area contributed by atoms with Crippen molar-refractivity contribution >= 4 is 21.8 Å². The number of hydrogen-bond acceptors (Lipinski definition) is 2. The smallest absolute Gasteiger partial charge is 0.251 e. The van der Waals surface area contributed by atoms with E-state index in [9.17, 15) is 4.79 Å². The van der Waals surface area contributed by atoms with Gasteiger partial charge in [0, 0.05) is 11.5 Å². The Morgan fingerprint density at radius 1 is 1.15 bits per heavy atom. The van der Waals surface area contributed by atoms with Gasteiger partial charge in [0.15, 0.2) is 0 Å². The number of amides is 1. The number of allylic oxidation sites excluding steroid dienone is 1. The molecule has 2 aliphatic rings. The first-order valence-corrected chi connectivity index (χ1v) is 9.91. The first kappa shape index (κ1) is 17.3. The Morgan fingerprint density at radius 2 is 1.92 bits per heavy atom. The molecular formula is C22H22BrNO2. The van der Waals surface area contributed by atoms with Gasteiger partial charge in [-0.2, -0.15) is 0 Å². The fraction of sp³-hybridized carbons (Fsp3) is 0.318. The third-order valence-electron chi connectivity index (χ3n) is 5.45. The third kappa shape index (κ3) is 2.96. The average Bonchev–Trinajstić information content (AvgIpc) is 2.63. The summed E-state index contributed by atoms with van der Waals surface area (Å²) >= 11 is 3.54. The highest BCUT2D eigenvalue weighted by molar-refractivity contribution is 9.10. The van der Waals surface area contributed by atoms with Crippen LogP contribution < -0.4 is 10.1 Å². The number of fused-ring (bicyclic) bond motifs is 2. The van der Waals surface area contributed by atoms with Crippen molar-refractivity contribution in [2.24, 2.45) is 0 Å². The third-order valence-corrected chi connectivity index (χ3v) is 6.08. The van der Waals surface area contributed by atoms with Crippen LogP contribution in [0.3, 0.4) is 0 Å². The van der Waals surface area contributed by atoms with Crippen LogP contribution in [0.15, 0.2) is 58.3 Å². The van der Waals surface area contributed by atoms with Crippen molar-refractivity contribution in [1.82, 2.24) is 5.32 Å². The number of hydrogen-bond donors (Lipinski definition) is 1. The molecule has 0 spiro atoms. The normalized spacial score (nSPS) is 21.5. The SMILES string of the molecule is CC1=C(C(=O)N[C@H]2CCCc3ccccc32)C(C)c2cccc(Br)c2O1. The summed E-state index contributed by atoms with van der Waals surface area (Å²) in [4.78, 5) is 13.1. The number of benzene rings is 2. The second-order valence-electron chi connectivity index (χ2n) is 7.07. The molecule has 1 unspecified atom stereocenters. The summed E-state index contributed by atoms with van der Waals surface area (Å²) in [5.74, 6) is 1.47. The lowest BCUT2D eigenvalue weighted by Crippen LogP contribution is -2.35. The van der Waals surface area contributed by atoms with Crippen LogP contribution in [0, 0.1) is 0 Å². The van der Waals surface area contributed by atoms with Crippen LogP contribution in [0.5, 0.6) is 5.75 Å². The summed E-state index contributed by atoms with van der Waals surface area (Å²) in [6, 6.07) is 14.5. The number of aryl methyl sites for hydroxylation is 1. The van der Waals surface area contributed by atoms with E-state index in [4.69, 9.17) is 4.74 Å². The van der Waals surface area contributed by atoms with Gasteiger partial charge in [-0.3, -0.25) is 4.79 Å². The summed E-state index contributed by atoms with van der Waals surface area (Å²) in [7, 11) is 0. The Balaban J connectivity index is 1.62. The van der Waals surface area contributed by atoms with Gasteiger partial charge in [-0.15, -0.1) is 0 Å². The molecule has 4 heteroatoms. The van der Waals surface area contributed by atoms with Crippen LogP contribution in [-0.2, 0) is 11.2 Å². The van der Waals surface area contributed by atoms with Crippen LogP contribution in [0.25, 0.3) is 0 Å². The van der Waals surface area contributed by atoms with Crippen molar-refractivity contribution in [2.45, 2.75) is 45.1 Å². The lowest BCUT2D eigenvalue weighted by molar-refractivity contribution is -0.118. The first-order valence-electron chi connectivity index (χ1n) is 9.12. The maximum absolute atomic E-state index is 13.1. The molecule has 0 radical (unpaired) electrons. The van der Waals surface area contributed by atoms with Gasteiger partial charge in [-0.05, 0) is 59.3 Å². The van der Waals surface area contributed by atoms with Gasteiger partial charge in [0.1, 0.15) is 11.5 Å². The highest BCUT2D eigenvalue weighted by Gasteiger charge is 2.32. The average molecular weight is 412 g/mol. The number of halogens is 1. The Bertz CT molecular complexity index is 903. The molecule has 1 aliphatic carbocycles. The molecular weight excluding hydrogens is 390 g/mol. The summed E-state index contributed by atoms with van der Waals surface area (Å²) < 4.78 is 6.92. The molecule has 2 aromatic rings. The molecule has 0 saturated heterocycles. The highest BCUT2D eigenvalue weighted by Crippen LogP contribution is 2.43. The highest BCUT2D eigenvalue weighted by atomic mass is 79.9. The van der Waals surface area contributed by atoms with Crippen LogP contribution in [-0.4, -0.2) is 5.91 Å². The number of carbonyl (C=O) groups is 1. The summed E-state index contributed by atoms with van der Waals surface area (Å²) in [6.45, 7) is 3.95. The number of para-hydroxylation sites is 1. The topological polar surface area (TPSA) is 38.3 Å². The standard InChI is InChI=1S/C22H22BrNO2/c1-13-16-10-6-11-18(23)21(16)26-14(2)20(13)22(25)24-19-12-5-8-15-7-3-4-9-17(15)19/h3-4,6-7,9-11,13,19H,5,8,12H2,1-2H3,(H,24,25)/t13?,19-/m0/s1. The maximum Gasteiger partial charge on any atom is 0.251 e. The van der Waals surface area contributed by atoms with Crippen LogP contribution in [0.4, 0.5) is 0 Å². The summed E-state index contributed by atoms with van der Waals surface area (Å²) in [6.07, 6.45) is 3.17. The minimum Gasteiger partial charge on any atom is -0.460 e. The first-order chi connectivity index (χ1) is 12.6. The van der Waals surface area contributed by atoms with Crippen molar-refractivity contribution in [3.63, 3.8) is 0 Å². The minimum absolute atomic E-state index is 0.00455. The zero-order valence-electron chi connectivity index (χ0n) is 15.0. The number of nitrogens with one attached hydrogen (secondary N) is 1. The van der Waals surface area contributed by atoms with E-state index in [-0.39, 0.29) is 17.9 Å². The zero-order valence-corrected chi connectivity index (χ0v) is 16.6. The van der Waals surface area contributed by atoms with E-state index >= 15 is 0 Å². The van der Waals surface area contributed by atoms with Crippen molar-refractivity contribution < 1.29 is 9.53 Å². The van der Waals surface area contributed by atoms with E-state index in [1.807, 2.05) is 31.2 Å². The number of carbonyl (C=O) groups excluding carboxylic acids is 1. The lowest BCUT2D eigenvalue weighted by atomic mass is 9.86. The van der Waals surface area contributed by atoms with Gasteiger partial charge in [0.2, 0.25) is 0 Å². The molecule has 0 bridgehead atoms. The van der Waals surface area contributed by atoms with Gasteiger partial charge in [-0.1, -0.05) is 43.3 Å². The monoisotopic (exact) mass is 411 g/mol. The van der Waals surface area contributed by atoms with Crippen molar-refractivity contribution in [2.75, 3.05) is 0 Å². The van der Waals surface area contributed by atoms with Crippen molar-refractivity contribution in [3.05, 3.63) is 75.0 Å². The molecule has 1 amide bonds. The van der Waals surface area contributed by atoms with Gasteiger partial charge in [-0.25, -0.2) is 0 Å². The van der Waals surface area contributed by atoms with Crippen molar-refractivity contribution in [1.29, 1.82) is 0 Å². The predicted octanol–water partition coefficient (Wildman–Crippen LogP) is 5.41. The van der Waals surface area contributed by atoms with E-state index < -0.39 is 0 Å². The molecule has 4 rings (SSSR count). The molecule has 0 fully saturated rings. The van der Waals surface area contributed by atoms with Crippen LogP contribution in [0.2, 0.25) is 0 Å². The molecule has 134 valence electrons. The number of rotatable bonds is 2. The quantitative estimate of drug-likeness (QED) is 0.716. The van der Waals surface area contributed by atoms with E-state index in [2.05, 4.69) is 46.4 Å². The van der Waals surface area contributed by atoms with E-state index in [0.717, 1.165) is 40.6 Å². The molecule has 0 aromatic heterocycles. The van der Waals surface area contributed by atoms with Gasteiger partial charge < -0.3 is 10.1 Å². The Morgan fingerprint density at radius 3 is 2.77 bits per heavy atom. The van der Waals surface area contributed by atoms with Gasteiger partial charge in [0.25, 0.3) is 5.91 Å². The Kier molecular flexibility index (Phi) is 4.62. The largest absolute Gasteiger partial charge is 0.460 e. The lowest BCUT2D eigenvalue weighted by Gasteiger charge is -2.30. The molecule has 0 saturated carbocycles. The molecule has 1 heterocycles. The molecule has 26 heavy (non-hydrogen) atoms. The maximum atomic E-state index is 13.1. The Hall–Kier alpha value is -2.07. The molecule has 1 aliphatic heterocycles. The molecule has 1 N–H and O–H groups in total. The molecule has 2 atom stereocenters. The van der Waals surface area contributed by atoms with E-state index in [1.165, 1.54) is 11.1 Å².